The van der Waals surface area contributed by atoms with Gasteiger partial charge in [0.05, 0.1) is 16.3 Å². The van der Waals surface area contributed by atoms with Crippen LogP contribution < -0.4 is 15.8 Å². The second-order valence-electron chi connectivity index (χ2n) is 5.92. The summed E-state index contributed by atoms with van der Waals surface area (Å²) in [6.07, 6.45) is 0. The lowest BCUT2D eigenvalue weighted by Crippen LogP contribution is -2.57. The summed E-state index contributed by atoms with van der Waals surface area (Å²) in [4.78, 5) is 4.54. The molecule has 1 heterocycles. The van der Waals surface area contributed by atoms with Crippen molar-refractivity contribution in [3.63, 3.8) is 0 Å². The first kappa shape index (κ1) is 15.1. The normalized spacial score (nSPS) is 20.1. The molecule has 0 aromatic heterocycles. The summed E-state index contributed by atoms with van der Waals surface area (Å²) in [7, 11) is -1.61. The van der Waals surface area contributed by atoms with Crippen LogP contribution in [0.3, 0.4) is 0 Å². The Balaban J connectivity index is 2.31. The van der Waals surface area contributed by atoms with Crippen molar-refractivity contribution in [3.8, 4) is 0 Å². The zero-order valence-electron chi connectivity index (χ0n) is 12.1. The summed E-state index contributed by atoms with van der Waals surface area (Å²) in [5.74, 6) is 0. The Hall–Kier alpha value is -1.31. The Morgan fingerprint density at radius 3 is 2.40 bits per heavy atom. The van der Waals surface area contributed by atoms with E-state index in [-0.39, 0.29) is 10.4 Å². The molecule has 1 aromatic carbocycles. The Morgan fingerprint density at radius 1 is 1.25 bits per heavy atom. The van der Waals surface area contributed by atoms with Crippen LogP contribution in [0.15, 0.2) is 23.1 Å². The van der Waals surface area contributed by atoms with E-state index in [1.807, 2.05) is 0 Å². The number of anilines is 2. The van der Waals surface area contributed by atoms with Gasteiger partial charge < -0.3 is 10.6 Å². The Labute approximate surface area is 120 Å². The SMILES string of the molecule is CN1CCN(c2ccc(S(N)(=O)=O)cc2N)CC1(C)C. The van der Waals surface area contributed by atoms with E-state index in [1.165, 1.54) is 12.1 Å². The zero-order valence-corrected chi connectivity index (χ0v) is 12.9. The van der Waals surface area contributed by atoms with Crippen molar-refractivity contribution < 1.29 is 8.42 Å². The molecule has 20 heavy (non-hydrogen) atoms. The molecule has 0 atom stereocenters. The molecule has 4 N–H and O–H groups in total. The predicted molar refractivity (Wildman–Crippen MR) is 81.1 cm³/mol. The molecule has 1 aliphatic rings. The lowest BCUT2D eigenvalue weighted by molar-refractivity contribution is 0.139. The third-order valence-corrected chi connectivity index (χ3v) is 4.90. The van der Waals surface area contributed by atoms with Gasteiger partial charge in [-0.25, -0.2) is 13.6 Å². The molecular weight excluding hydrogens is 276 g/mol. The van der Waals surface area contributed by atoms with E-state index in [1.54, 1.807) is 6.07 Å². The van der Waals surface area contributed by atoms with Crippen molar-refractivity contribution in [3.05, 3.63) is 18.2 Å². The van der Waals surface area contributed by atoms with E-state index < -0.39 is 10.0 Å². The second-order valence-corrected chi connectivity index (χ2v) is 7.48. The van der Waals surface area contributed by atoms with Gasteiger partial charge in [-0.15, -0.1) is 0 Å². The monoisotopic (exact) mass is 298 g/mol. The van der Waals surface area contributed by atoms with Crippen molar-refractivity contribution in [1.82, 2.24) is 4.90 Å². The van der Waals surface area contributed by atoms with E-state index in [2.05, 4.69) is 30.7 Å². The van der Waals surface area contributed by atoms with E-state index in [0.717, 1.165) is 25.3 Å². The third kappa shape index (κ3) is 2.89. The van der Waals surface area contributed by atoms with E-state index in [4.69, 9.17) is 10.9 Å². The molecule has 0 spiro atoms. The van der Waals surface area contributed by atoms with Crippen molar-refractivity contribution in [1.29, 1.82) is 0 Å². The number of piperazine rings is 1. The molecule has 112 valence electrons. The van der Waals surface area contributed by atoms with Gasteiger partial charge in [0.2, 0.25) is 10.0 Å². The molecule has 7 heteroatoms. The molecular formula is C13H22N4O2S. The van der Waals surface area contributed by atoms with Crippen LogP contribution in [-0.4, -0.2) is 45.5 Å². The van der Waals surface area contributed by atoms with Crippen molar-refractivity contribution in [2.45, 2.75) is 24.3 Å². The summed E-state index contributed by atoms with van der Waals surface area (Å²) < 4.78 is 22.6. The minimum absolute atomic E-state index is 0.0449. The average molecular weight is 298 g/mol. The fraction of sp³-hybridized carbons (Fsp3) is 0.538. The molecule has 1 aliphatic heterocycles. The molecule has 1 fully saturated rings. The van der Waals surface area contributed by atoms with Gasteiger partial charge in [-0.1, -0.05) is 0 Å². The summed E-state index contributed by atoms with van der Waals surface area (Å²) in [6, 6.07) is 4.67. The molecule has 1 aromatic rings. The molecule has 0 bridgehead atoms. The third-order valence-electron chi connectivity index (χ3n) is 3.98. The molecule has 0 unspecified atom stereocenters. The lowest BCUT2D eigenvalue weighted by atomic mass is 9.99. The van der Waals surface area contributed by atoms with Crippen LogP contribution in [-0.2, 0) is 10.0 Å². The van der Waals surface area contributed by atoms with Gasteiger partial charge in [0.15, 0.2) is 0 Å². The summed E-state index contributed by atoms with van der Waals surface area (Å²) >= 11 is 0. The topological polar surface area (TPSA) is 92.7 Å². The number of likely N-dealkylation sites (N-methyl/N-ethyl adjacent to an activating group) is 1. The number of sulfonamides is 1. The molecule has 1 saturated heterocycles. The maximum atomic E-state index is 11.3. The molecule has 0 saturated carbocycles. The van der Waals surface area contributed by atoms with Gasteiger partial charge in [0, 0.05) is 25.2 Å². The summed E-state index contributed by atoms with van der Waals surface area (Å²) in [6.45, 7) is 6.98. The molecule has 0 radical (unpaired) electrons. The van der Waals surface area contributed by atoms with Crippen molar-refractivity contribution in [2.24, 2.45) is 5.14 Å². The smallest absolute Gasteiger partial charge is 0.238 e. The fourth-order valence-electron chi connectivity index (χ4n) is 2.44. The van der Waals surface area contributed by atoms with E-state index in [0.29, 0.717) is 5.69 Å². The van der Waals surface area contributed by atoms with Crippen LogP contribution in [0.5, 0.6) is 0 Å². The first-order valence-electron chi connectivity index (χ1n) is 6.50. The minimum Gasteiger partial charge on any atom is -0.397 e. The van der Waals surface area contributed by atoms with E-state index in [9.17, 15) is 8.42 Å². The van der Waals surface area contributed by atoms with Gasteiger partial charge in [-0.05, 0) is 39.1 Å². The molecule has 0 aliphatic carbocycles. The number of primary sulfonamides is 1. The zero-order chi connectivity index (χ0) is 15.1. The largest absolute Gasteiger partial charge is 0.397 e. The predicted octanol–water partition coefficient (Wildman–Crippen LogP) is 0.447. The molecule has 0 amide bonds. The lowest BCUT2D eigenvalue weighted by Gasteiger charge is -2.46. The highest BCUT2D eigenvalue weighted by Gasteiger charge is 2.31. The quantitative estimate of drug-likeness (QED) is 0.773. The first-order chi connectivity index (χ1) is 9.11. The fourth-order valence-corrected chi connectivity index (χ4v) is 2.99. The second kappa shape index (κ2) is 4.91. The number of nitrogens with zero attached hydrogens (tertiary/aromatic N) is 2. The van der Waals surface area contributed by atoms with Crippen LogP contribution in [0.4, 0.5) is 11.4 Å². The Kier molecular flexibility index (Phi) is 3.70. The highest BCUT2D eigenvalue weighted by atomic mass is 32.2. The van der Waals surface area contributed by atoms with Gasteiger partial charge in [0.25, 0.3) is 0 Å². The first-order valence-corrected chi connectivity index (χ1v) is 8.04. The number of hydrogen-bond donors (Lipinski definition) is 2. The maximum Gasteiger partial charge on any atom is 0.238 e. The number of hydrogen-bond acceptors (Lipinski definition) is 5. The standard InChI is InChI=1S/C13H22N4O2S/c1-13(2)9-17(7-6-16(13)3)12-5-4-10(8-11(12)14)20(15,18)19/h4-5,8H,6-7,9,14H2,1-3H3,(H2,15,18,19). The summed E-state index contributed by atoms with van der Waals surface area (Å²) in [5.41, 5.74) is 7.34. The minimum atomic E-state index is -3.71. The van der Waals surface area contributed by atoms with Crippen LogP contribution in [0.2, 0.25) is 0 Å². The van der Waals surface area contributed by atoms with Crippen LogP contribution >= 0.6 is 0 Å². The Morgan fingerprint density at radius 2 is 1.90 bits per heavy atom. The van der Waals surface area contributed by atoms with Gasteiger partial charge in [0.1, 0.15) is 0 Å². The van der Waals surface area contributed by atoms with Gasteiger partial charge in [-0.2, -0.15) is 0 Å². The van der Waals surface area contributed by atoms with Crippen LogP contribution in [0.25, 0.3) is 0 Å². The maximum absolute atomic E-state index is 11.3. The van der Waals surface area contributed by atoms with Crippen molar-refractivity contribution in [2.75, 3.05) is 37.3 Å². The number of nitrogens with two attached hydrogens (primary N) is 2. The van der Waals surface area contributed by atoms with Crippen LogP contribution in [0, 0.1) is 0 Å². The molecule has 2 rings (SSSR count). The Bertz CT molecular complexity index is 613. The molecule has 6 nitrogen and oxygen atoms in total. The van der Waals surface area contributed by atoms with E-state index >= 15 is 0 Å². The average Bonchev–Trinajstić information content (AvgIpc) is 2.31. The number of nitrogen functional groups attached to an aromatic ring is 1. The number of benzene rings is 1. The van der Waals surface area contributed by atoms with Gasteiger partial charge in [-0.3, -0.25) is 4.90 Å². The summed E-state index contributed by atoms with van der Waals surface area (Å²) in [5, 5.41) is 5.11. The van der Waals surface area contributed by atoms with Crippen LogP contribution in [0.1, 0.15) is 13.8 Å². The van der Waals surface area contributed by atoms with Gasteiger partial charge >= 0.3 is 0 Å². The van der Waals surface area contributed by atoms with Crippen molar-refractivity contribution >= 4 is 21.4 Å². The number of rotatable bonds is 2. The highest BCUT2D eigenvalue weighted by molar-refractivity contribution is 7.89. The highest BCUT2D eigenvalue weighted by Crippen LogP contribution is 2.30.